The SMILES string of the molecule is O=C(Cn1cnc2ccccc2c1=O)Nc1ccccc1Cc1nc(-c2cccnc2)no1. The minimum Gasteiger partial charge on any atom is -0.339 e. The Balaban J connectivity index is 1.32. The van der Waals surface area contributed by atoms with Crippen LogP contribution in [0.3, 0.4) is 0 Å². The number of carbonyl (C=O) groups excluding carboxylic acids is 1. The van der Waals surface area contributed by atoms with Crippen molar-refractivity contribution in [2.45, 2.75) is 13.0 Å². The summed E-state index contributed by atoms with van der Waals surface area (Å²) < 4.78 is 6.67. The van der Waals surface area contributed by atoms with Gasteiger partial charge in [-0.1, -0.05) is 35.5 Å². The first kappa shape index (κ1) is 20.3. The average Bonchev–Trinajstić information content (AvgIpc) is 3.31. The van der Waals surface area contributed by atoms with Gasteiger partial charge in [-0.2, -0.15) is 4.98 Å². The van der Waals surface area contributed by atoms with Crippen molar-refractivity contribution >= 4 is 22.5 Å². The Kier molecular flexibility index (Phi) is 5.42. The highest BCUT2D eigenvalue weighted by molar-refractivity contribution is 5.91. The lowest BCUT2D eigenvalue weighted by molar-refractivity contribution is -0.116. The summed E-state index contributed by atoms with van der Waals surface area (Å²) in [5, 5.41) is 7.34. The number of hydrogen-bond acceptors (Lipinski definition) is 7. The summed E-state index contributed by atoms with van der Waals surface area (Å²) in [4.78, 5) is 38.1. The van der Waals surface area contributed by atoms with E-state index >= 15 is 0 Å². The molecule has 5 rings (SSSR count). The van der Waals surface area contributed by atoms with Crippen LogP contribution in [0.25, 0.3) is 22.3 Å². The smallest absolute Gasteiger partial charge is 0.261 e. The number of hydrogen-bond donors (Lipinski definition) is 1. The first-order chi connectivity index (χ1) is 16.2. The molecule has 3 heterocycles. The second kappa shape index (κ2) is 8.83. The third-order valence-electron chi connectivity index (χ3n) is 5.07. The van der Waals surface area contributed by atoms with Gasteiger partial charge in [-0.3, -0.25) is 19.1 Å². The molecule has 1 N–H and O–H groups in total. The molecule has 0 atom stereocenters. The standard InChI is InChI=1S/C24H18N6O3/c31-21(14-30-15-26-20-10-4-2-8-18(20)24(30)32)27-19-9-3-1-6-16(19)12-22-28-23(29-33-22)17-7-5-11-25-13-17/h1-11,13,15H,12,14H2,(H,27,31). The lowest BCUT2D eigenvalue weighted by Gasteiger charge is -2.11. The van der Waals surface area contributed by atoms with E-state index in [1.54, 1.807) is 42.7 Å². The van der Waals surface area contributed by atoms with Crippen molar-refractivity contribution in [3.05, 3.63) is 101 Å². The number of benzene rings is 2. The molecule has 2 aromatic carbocycles. The van der Waals surface area contributed by atoms with Gasteiger partial charge in [0.15, 0.2) is 0 Å². The van der Waals surface area contributed by atoms with Crippen LogP contribution in [0.2, 0.25) is 0 Å². The monoisotopic (exact) mass is 438 g/mol. The average molecular weight is 438 g/mol. The van der Waals surface area contributed by atoms with Crippen molar-refractivity contribution in [1.29, 1.82) is 0 Å². The summed E-state index contributed by atoms with van der Waals surface area (Å²) in [6, 6.07) is 18.0. The van der Waals surface area contributed by atoms with Crippen molar-refractivity contribution in [2.75, 3.05) is 5.32 Å². The Morgan fingerprint density at radius 2 is 1.88 bits per heavy atom. The maximum absolute atomic E-state index is 12.7. The first-order valence-corrected chi connectivity index (χ1v) is 10.2. The largest absolute Gasteiger partial charge is 0.339 e. The van der Waals surface area contributed by atoms with E-state index in [1.807, 2.05) is 30.3 Å². The lowest BCUT2D eigenvalue weighted by Crippen LogP contribution is -2.28. The van der Waals surface area contributed by atoms with Crippen LogP contribution in [0.15, 0.2) is 88.7 Å². The second-order valence-corrected chi connectivity index (χ2v) is 7.33. The zero-order valence-corrected chi connectivity index (χ0v) is 17.4. The van der Waals surface area contributed by atoms with E-state index in [0.717, 1.165) is 11.1 Å². The number of fused-ring (bicyclic) bond motifs is 1. The molecule has 0 spiro atoms. The highest BCUT2D eigenvalue weighted by Gasteiger charge is 2.14. The van der Waals surface area contributed by atoms with Crippen LogP contribution >= 0.6 is 0 Å². The predicted molar refractivity (Wildman–Crippen MR) is 121 cm³/mol. The molecular weight excluding hydrogens is 420 g/mol. The van der Waals surface area contributed by atoms with Gasteiger partial charge in [0.25, 0.3) is 5.56 Å². The van der Waals surface area contributed by atoms with E-state index in [1.165, 1.54) is 10.9 Å². The Bertz CT molecular complexity index is 1490. The molecule has 162 valence electrons. The van der Waals surface area contributed by atoms with Crippen molar-refractivity contribution < 1.29 is 9.32 Å². The van der Waals surface area contributed by atoms with E-state index in [4.69, 9.17) is 4.52 Å². The number of amides is 1. The molecule has 0 unspecified atom stereocenters. The summed E-state index contributed by atoms with van der Waals surface area (Å²) in [5.41, 5.74) is 2.48. The summed E-state index contributed by atoms with van der Waals surface area (Å²) >= 11 is 0. The molecule has 0 bridgehead atoms. The molecule has 9 nitrogen and oxygen atoms in total. The quantitative estimate of drug-likeness (QED) is 0.433. The highest BCUT2D eigenvalue weighted by Crippen LogP contribution is 2.20. The van der Waals surface area contributed by atoms with Crippen LogP contribution < -0.4 is 10.9 Å². The van der Waals surface area contributed by atoms with Gasteiger partial charge < -0.3 is 9.84 Å². The molecule has 3 aromatic heterocycles. The number of aromatic nitrogens is 5. The number of nitrogens with one attached hydrogen (secondary N) is 1. The number of anilines is 1. The minimum atomic E-state index is -0.344. The molecule has 0 saturated carbocycles. The Morgan fingerprint density at radius 1 is 1.03 bits per heavy atom. The third kappa shape index (κ3) is 4.38. The van der Waals surface area contributed by atoms with E-state index in [0.29, 0.717) is 34.7 Å². The molecule has 5 aromatic rings. The second-order valence-electron chi connectivity index (χ2n) is 7.33. The van der Waals surface area contributed by atoms with Gasteiger partial charge in [-0.25, -0.2) is 4.98 Å². The van der Waals surface area contributed by atoms with Gasteiger partial charge in [0.1, 0.15) is 6.54 Å². The Labute approximate surface area is 187 Å². The number of pyridine rings is 1. The van der Waals surface area contributed by atoms with E-state index in [9.17, 15) is 9.59 Å². The molecule has 1 amide bonds. The molecule has 0 aliphatic rings. The summed E-state index contributed by atoms with van der Waals surface area (Å²) in [5.74, 6) is 0.511. The van der Waals surface area contributed by atoms with Crippen LogP contribution in [0.5, 0.6) is 0 Å². The molecule has 9 heteroatoms. The van der Waals surface area contributed by atoms with Crippen molar-refractivity contribution in [1.82, 2.24) is 24.7 Å². The van der Waals surface area contributed by atoms with Crippen LogP contribution in [-0.2, 0) is 17.8 Å². The van der Waals surface area contributed by atoms with Gasteiger partial charge in [0, 0.05) is 23.6 Å². The fourth-order valence-corrected chi connectivity index (χ4v) is 3.46. The number of carbonyl (C=O) groups is 1. The van der Waals surface area contributed by atoms with E-state index in [2.05, 4.69) is 25.4 Å². The minimum absolute atomic E-state index is 0.156. The molecule has 0 fully saturated rings. The van der Waals surface area contributed by atoms with Gasteiger partial charge in [-0.15, -0.1) is 0 Å². The molecular formula is C24H18N6O3. The number of rotatable bonds is 6. The molecule has 0 radical (unpaired) electrons. The number of nitrogens with zero attached hydrogens (tertiary/aromatic N) is 5. The first-order valence-electron chi connectivity index (χ1n) is 10.2. The molecule has 0 aliphatic carbocycles. The topological polar surface area (TPSA) is 116 Å². The maximum Gasteiger partial charge on any atom is 0.261 e. The summed E-state index contributed by atoms with van der Waals surface area (Å²) in [6.07, 6.45) is 5.05. The zero-order valence-electron chi connectivity index (χ0n) is 17.4. The summed E-state index contributed by atoms with van der Waals surface area (Å²) in [6.45, 7) is -0.156. The molecule has 33 heavy (non-hydrogen) atoms. The fourth-order valence-electron chi connectivity index (χ4n) is 3.46. The molecule has 0 aliphatic heterocycles. The third-order valence-corrected chi connectivity index (χ3v) is 5.07. The van der Waals surface area contributed by atoms with E-state index in [-0.39, 0.29) is 18.0 Å². The van der Waals surface area contributed by atoms with E-state index < -0.39 is 0 Å². The normalized spacial score (nSPS) is 10.9. The predicted octanol–water partition coefficient (Wildman–Crippen LogP) is 3.07. The van der Waals surface area contributed by atoms with Gasteiger partial charge in [0.2, 0.25) is 17.6 Å². The van der Waals surface area contributed by atoms with Crippen LogP contribution in [-0.4, -0.2) is 30.6 Å². The van der Waals surface area contributed by atoms with Crippen molar-refractivity contribution in [2.24, 2.45) is 0 Å². The van der Waals surface area contributed by atoms with Crippen LogP contribution in [0.4, 0.5) is 5.69 Å². The molecule has 0 saturated heterocycles. The van der Waals surface area contributed by atoms with Crippen molar-refractivity contribution in [3.63, 3.8) is 0 Å². The number of para-hydroxylation sites is 2. The van der Waals surface area contributed by atoms with Gasteiger partial charge in [-0.05, 0) is 35.9 Å². The lowest BCUT2D eigenvalue weighted by atomic mass is 10.1. The van der Waals surface area contributed by atoms with Crippen LogP contribution in [0.1, 0.15) is 11.5 Å². The highest BCUT2D eigenvalue weighted by atomic mass is 16.5. The Morgan fingerprint density at radius 3 is 2.76 bits per heavy atom. The zero-order chi connectivity index (χ0) is 22.6. The van der Waals surface area contributed by atoms with Crippen LogP contribution in [0, 0.1) is 0 Å². The van der Waals surface area contributed by atoms with Crippen molar-refractivity contribution in [3.8, 4) is 11.4 Å². The summed E-state index contributed by atoms with van der Waals surface area (Å²) in [7, 11) is 0. The van der Waals surface area contributed by atoms with Gasteiger partial charge >= 0.3 is 0 Å². The maximum atomic E-state index is 12.7. The van der Waals surface area contributed by atoms with Gasteiger partial charge in [0.05, 0.1) is 23.7 Å². The Hall–Kier alpha value is -4.66. The fraction of sp³-hybridized carbons (Fsp3) is 0.0833.